The molecule has 1 heterocycles. The Balaban J connectivity index is 1.91. The zero-order valence-electron chi connectivity index (χ0n) is 11.0. The van der Waals surface area contributed by atoms with Gasteiger partial charge in [-0.25, -0.2) is 0 Å². The van der Waals surface area contributed by atoms with Gasteiger partial charge >= 0.3 is 0 Å². The number of benzene rings is 2. The van der Waals surface area contributed by atoms with E-state index in [9.17, 15) is 4.79 Å². The first kappa shape index (κ1) is 13.0. The van der Waals surface area contributed by atoms with Crippen LogP contribution >= 0.6 is 11.8 Å². The summed E-state index contributed by atoms with van der Waals surface area (Å²) in [6, 6.07) is 20.4. The monoisotopic (exact) mass is 281 g/mol. The van der Waals surface area contributed by atoms with Crippen LogP contribution in [0.5, 0.6) is 0 Å². The summed E-state index contributed by atoms with van der Waals surface area (Å²) >= 11 is 1.74. The largest absolute Gasteiger partial charge is 0.351 e. The van der Waals surface area contributed by atoms with Crippen molar-refractivity contribution >= 4 is 22.6 Å². The Bertz CT molecular complexity index is 622. The van der Waals surface area contributed by atoms with E-state index in [2.05, 4.69) is 17.4 Å². The quantitative estimate of drug-likeness (QED) is 0.910. The molecule has 0 radical (unpaired) electrons. The van der Waals surface area contributed by atoms with Crippen molar-refractivity contribution < 1.29 is 4.79 Å². The van der Waals surface area contributed by atoms with Crippen molar-refractivity contribution in [1.82, 2.24) is 5.32 Å². The fourth-order valence-corrected chi connectivity index (χ4v) is 3.41. The molecule has 0 fully saturated rings. The Labute approximate surface area is 122 Å². The summed E-state index contributed by atoms with van der Waals surface area (Å²) in [5.74, 6) is -0.0187. The van der Waals surface area contributed by atoms with Gasteiger partial charge in [0.2, 0.25) is 5.91 Å². The van der Waals surface area contributed by atoms with Crippen LogP contribution in [-0.2, 0) is 4.79 Å². The molecule has 0 bridgehead atoms. The first-order valence-electron chi connectivity index (χ1n) is 6.59. The summed E-state index contributed by atoms with van der Waals surface area (Å²) in [4.78, 5) is 12.9. The Kier molecular flexibility index (Phi) is 3.88. The zero-order valence-corrected chi connectivity index (χ0v) is 11.8. The van der Waals surface area contributed by atoms with Gasteiger partial charge < -0.3 is 5.32 Å². The summed E-state index contributed by atoms with van der Waals surface area (Å²) in [5.41, 5.74) is 2.33. The molecule has 2 aromatic carbocycles. The third kappa shape index (κ3) is 2.94. The molecule has 1 amide bonds. The average Bonchev–Trinajstić information content (AvgIpc) is 2.71. The molecule has 1 unspecified atom stereocenters. The second-order valence-electron chi connectivity index (χ2n) is 4.64. The topological polar surface area (TPSA) is 29.1 Å². The number of hydrogen-bond donors (Lipinski definition) is 1. The number of carbonyl (C=O) groups is 1. The van der Waals surface area contributed by atoms with Crippen molar-refractivity contribution in [3.8, 4) is 0 Å². The Morgan fingerprint density at radius 2 is 1.60 bits per heavy atom. The van der Waals surface area contributed by atoms with Gasteiger partial charge in [0.05, 0.1) is 5.25 Å². The highest BCUT2D eigenvalue weighted by atomic mass is 32.2. The number of rotatable bonds is 2. The van der Waals surface area contributed by atoms with E-state index < -0.39 is 0 Å². The van der Waals surface area contributed by atoms with E-state index in [0.29, 0.717) is 6.54 Å². The molecule has 0 aromatic heterocycles. The molecule has 100 valence electrons. The third-order valence-electron chi connectivity index (χ3n) is 3.22. The van der Waals surface area contributed by atoms with Gasteiger partial charge in [-0.05, 0) is 11.1 Å². The van der Waals surface area contributed by atoms with Crippen molar-refractivity contribution in [2.45, 2.75) is 5.25 Å². The Morgan fingerprint density at radius 3 is 2.30 bits per heavy atom. The van der Waals surface area contributed by atoms with E-state index in [-0.39, 0.29) is 11.2 Å². The normalized spacial score (nSPS) is 18.9. The van der Waals surface area contributed by atoms with Crippen LogP contribution in [0.4, 0.5) is 0 Å². The van der Waals surface area contributed by atoms with Crippen molar-refractivity contribution in [2.75, 3.05) is 6.54 Å². The Morgan fingerprint density at radius 1 is 0.950 bits per heavy atom. The van der Waals surface area contributed by atoms with Crippen LogP contribution in [0, 0.1) is 0 Å². The van der Waals surface area contributed by atoms with E-state index in [1.807, 2.05) is 48.5 Å². The van der Waals surface area contributed by atoms with Gasteiger partial charge in [0.1, 0.15) is 0 Å². The number of hydrogen-bond acceptors (Lipinski definition) is 2. The highest BCUT2D eigenvalue weighted by Crippen LogP contribution is 2.40. The molecule has 0 aliphatic carbocycles. The molecule has 2 nitrogen and oxygen atoms in total. The zero-order chi connectivity index (χ0) is 13.8. The first-order valence-corrected chi connectivity index (χ1v) is 7.47. The van der Waals surface area contributed by atoms with Crippen molar-refractivity contribution in [3.63, 3.8) is 0 Å². The van der Waals surface area contributed by atoms with E-state index in [1.165, 1.54) is 5.56 Å². The molecule has 20 heavy (non-hydrogen) atoms. The highest BCUT2D eigenvalue weighted by Gasteiger charge is 2.20. The van der Waals surface area contributed by atoms with Crippen molar-refractivity contribution in [1.29, 1.82) is 0 Å². The number of nitrogens with one attached hydrogen (secondary N) is 1. The smallest absolute Gasteiger partial charge is 0.245 e. The van der Waals surface area contributed by atoms with Crippen LogP contribution in [0.3, 0.4) is 0 Å². The number of carbonyl (C=O) groups excluding carboxylic acids is 1. The van der Waals surface area contributed by atoms with Crippen LogP contribution in [-0.4, -0.2) is 12.5 Å². The molecule has 1 aliphatic rings. The maximum atomic E-state index is 11.8. The lowest BCUT2D eigenvalue weighted by molar-refractivity contribution is -0.116. The van der Waals surface area contributed by atoms with E-state index in [4.69, 9.17) is 0 Å². The van der Waals surface area contributed by atoms with Gasteiger partial charge in [-0.3, -0.25) is 4.79 Å². The minimum absolute atomic E-state index is 0.0187. The lowest BCUT2D eigenvalue weighted by Crippen LogP contribution is -2.23. The Hall–Kier alpha value is -2.00. The fourth-order valence-electron chi connectivity index (χ4n) is 2.20. The van der Waals surface area contributed by atoms with E-state index in [1.54, 1.807) is 17.8 Å². The maximum absolute atomic E-state index is 11.8. The average molecular weight is 281 g/mol. The van der Waals surface area contributed by atoms with Gasteiger partial charge in [-0.2, -0.15) is 0 Å². The summed E-state index contributed by atoms with van der Waals surface area (Å²) in [7, 11) is 0. The van der Waals surface area contributed by atoms with Gasteiger partial charge in [0.15, 0.2) is 0 Å². The van der Waals surface area contributed by atoms with Crippen molar-refractivity contribution in [3.05, 3.63) is 77.9 Å². The molecular weight excluding hydrogens is 266 g/mol. The number of thioether (sulfide) groups is 1. The van der Waals surface area contributed by atoms with Crippen molar-refractivity contribution in [2.24, 2.45) is 0 Å². The summed E-state index contributed by atoms with van der Waals surface area (Å²) in [6.45, 7) is 0.653. The van der Waals surface area contributed by atoms with Crippen LogP contribution in [0.25, 0.3) is 4.91 Å². The predicted molar refractivity (Wildman–Crippen MR) is 84.2 cm³/mol. The molecule has 1 atom stereocenters. The lowest BCUT2D eigenvalue weighted by atomic mass is 10.1. The second kappa shape index (κ2) is 5.97. The van der Waals surface area contributed by atoms with Crippen LogP contribution < -0.4 is 5.32 Å². The molecule has 1 N–H and O–H groups in total. The molecule has 1 aliphatic heterocycles. The summed E-state index contributed by atoms with van der Waals surface area (Å²) in [6.07, 6.45) is 1.70. The molecule has 0 saturated carbocycles. The summed E-state index contributed by atoms with van der Waals surface area (Å²) in [5, 5.41) is 3.20. The van der Waals surface area contributed by atoms with Crippen LogP contribution in [0.15, 0.2) is 66.7 Å². The van der Waals surface area contributed by atoms with Gasteiger partial charge in [-0.15, -0.1) is 11.8 Å². The molecule has 0 spiro atoms. The fraction of sp³-hybridized carbons (Fsp3) is 0.118. The minimum atomic E-state index is -0.0187. The minimum Gasteiger partial charge on any atom is -0.351 e. The molecule has 2 aromatic rings. The van der Waals surface area contributed by atoms with Crippen LogP contribution in [0.2, 0.25) is 0 Å². The lowest BCUT2D eigenvalue weighted by Gasteiger charge is -2.16. The van der Waals surface area contributed by atoms with Crippen LogP contribution in [0.1, 0.15) is 16.4 Å². The molecule has 3 rings (SSSR count). The third-order valence-corrected chi connectivity index (χ3v) is 4.55. The van der Waals surface area contributed by atoms with Gasteiger partial charge in [0.25, 0.3) is 0 Å². The SMILES string of the molecule is O=C1C=C(c2ccccc2)SC(c2ccccc2)CN1. The maximum Gasteiger partial charge on any atom is 0.245 e. The van der Waals surface area contributed by atoms with E-state index >= 15 is 0 Å². The highest BCUT2D eigenvalue weighted by molar-refractivity contribution is 8.08. The summed E-state index contributed by atoms with van der Waals surface area (Å²) < 4.78 is 0. The molecule has 3 heteroatoms. The van der Waals surface area contributed by atoms with Gasteiger partial charge in [-0.1, -0.05) is 60.7 Å². The number of amides is 1. The molecule has 0 saturated heterocycles. The standard InChI is InChI=1S/C17H15NOS/c19-17-11-15(13-7-3-1-4-8-13)20-16(12-18-17)14-9-5-2-6-10-14/h1-11,16H,12H2,(H,18,19). The van der Waals surface area contributed by atoms with Gasteiger partial charge in [0, 0.05) is 17.5 Å². The molecular formula is C17H15NOS. The first-order chi connectivity index (χ1) is 9.83. The van der Waals surface area contributed by atoms with E-state index in [0.717, 1.165) is 10.5 Å². The second-order valence-corrected chi connectivity index (χ2v) is 5.88. The predicted octanol–water partition coefficient (Wildman–Crippen LogP) is 3.63.